The summed E-state index contributed by atoms with van der Waals surface area (Å²) >= 11 is 1.26. The molecule has 0 saturated carbocycles. The van der Waals surface area contributed by atoms with Gasteiger partial charge in [0, 0.05) is 27.7 Å². The second-order valence-corrected chi connectivity index (χ2v) is 8.54. The third-order valence-electron chi connectivity index (χ3n) is 4.99. The van der Waals surface area contributed by atoms with Gasteiger partial charge >= 0.3 is 12.1 Å². The van der Waals surface area contributed by atoms with Crippen LogP contribution >= 0.6 is 11.3 Å². The maximum atomic E-state index is 12.8. The quantitative estimate of drug-likeness (QED) is 0.549. The zero-order chi connectivity index (χ0) is 23.1. The van der Waals surface area contributed by atoms with Crippen molar-refractivity contribution in [1.29, 1.82) is 0 Å². The molecule has 2 aliphatic heterocycles. The summed E-state index contributed by atoms with van der Waals surface area (Å²) < 4.78 is 43.5. The molecule has 3 aromatic rings. The zero-order valence-corrected chi connectivity index (χ0v) is 17.5. The SMILES string of the molecule is OC1(c2cnnc(N(Cc3ccc(C4N=C(C(F)(F)F)ON4)s3)c3cnccn3)c2)COC1. The van der Waals surface area contributed by atoms with Gasteiger partial charge in [0.25, 0.3) is 0 Å². The number of hydroxylamine groups is 1. The molecule has 0 amide bonds. The molecule has 172 valence electrons. The largest absolute Gasteiger partial charge is 0.470 e. The van der Waals surface area contributed by atoms with E-state index in [0.29, 0.717) is 22.1 Å². The summed E-state index contributed by atoms with van der Waals surface area (Å²) in [6.45, 7) is 0.600. The summed E-state index contributed by atoms with van der Waals surface area (Å²) in [5.41, 5.74) is 1.71. The molecular formula is C19H16F3N7O3S. The van der Waals surface area contributed by atoms with Gasteiger partial charge in [0.15, 0.2) is 17.8 Å². The molecule has 33 heavy (non-hydrogen) atoms. The van der Waals surface area contributed by atoms with E-state index in [-0.39, 0.29) is 19.8 Å². The third kappa shape index (κ3) is 4.37. The molecule has 3 aromatic heterocycles. The molecule has 14 heteroatoms. The van der Waals surface area contributed by atoms with Gasteiger partial charge in [-0.3, -0.25) is 4.98 Å². The third-order valence-corrected chi connectivity index (χ3v) is 6.11. The summed E-state index contributed by atoms with van der Waals surface area (Å²) in [4.78, 5) is 19.6. The van der Waals surface area contributed by atoms with E-state index in [1.54, 1.807) is 29.3 Å². The topological polar surface area (TPSA) is 118 Å². The minimum Gasteiger partial charge on any atom is -0.381 e. The minimum absolute atomic E-state index is 0.161. The number of nitrogens with one attached hydrogen (secondary N) is 1. The monoisotopic (exact) mass is 479 g/mol. The number of hydrogen-bond donors (Lipinski definition) is 2. The lowest BCUT2D eigenvalue weighted by atomic mass is 9.94. The van der Waals surface area contributed by atoms with Crippen molar-refractivity contribution in [3.8, 4) is 0 Å². The van der Waals surface area contributed by atoms with E-state index in [2.05, 4.69) is 35.5 Å². The molecule has 0 aromatic carbocycles. The van der Waals surface area contributed by atoms with Crippen LogP contribution in [0.1, 0.15) is 21.5 Å². The molecule has 1 unspecified atom stereocenters. The van der Waals surface area contributed by atoms with Gasteiger partial charge in [0.2, 0.25) is 0 Å². The summed E-state index contributed by atoms with van der Waals surface area (Å²) in [5.74, 6) is -0.410. The van der Waals surface area contributed by atoms with Crippen molar-refractivity contribution in [3.05, 3.63) is 58.3 Å². The lowest BCUT2D eigenvalue weighted by molar-refractivity contribution is -0.184. The Balaban J connectivity index is 1.42. The number of aliphatic hydroxyl groups is 1. The second kappa shape index (κ2) is 8.30. The van der Waals surface area contributed by atoms with Gasteiger partial charge in [0.1, 0.15) is 5.60 Å². The van der Waals surface area contributed by atoms with E-state index in [4.69, 9.17) is 4.74 Å². The van der Waals surface area contributed by atoms with Crippen LogP contribution in [-0.2, 0) is 21.7 Å². The van der Waals surface area contributed by atoms with Crippen molar-refractivity contribution in [1.82, 2.24) is 25.6 Å². The first-order valence-corrected chi connectivity index (χ1v) is 10.5. The van der Waals surface area contributed by atoms with Gasteiger partial charge in [-0.15, -0.1) is 21.9 Å². The highest BCUT2D eigenvalue weighted by Gasteiger charge is 2.43. The number of aromatic nitrogens is 4. The van der Waals surface area contributed by atoms with E-state index < -0.39 is 23.8 Å². The van der Waals surface area contributed by atoms with Gasteiger partial charge < -0.3 is 19.6 Å². The number of anilines is 2. The molecule has 0 spiro atoms. The number of aliphatic imine (C=N–C) groups is 1. The second-order valence-electron chi connectivity index (χ2n) is 7.34. The molecule has 0 bridgehead atoms. The molecule has 1 saturated heterocycles. The lowest BCUT2D eigenvalue weighted by Gasteiger charge is -2.36. The van der Waals surface area contributed by atoms with Crippen molar-refractivity contribution in [2.45, 2.75) is 24.5 Å². The van der Waals surface area contributed by atoms with Crippen LogP contribution in [0, 0.1) is 0 Å². The average molecular weight is 479 g/mol. The van der Waals surface area contributed by atoms with Crippen LogP contribution in [0.2, 0.25) is 0 Å². The van der Waals surface area contributed by atoms with Crippen molar-refractivity contribution in [3.63, 3.8) is 0 Å². The van der Waals surface area contributed by atoms with Crippen LogP contribution < -0.4 is 10.4 Å². The fourth-order valence-electron chi connectivity index (χ4n) is 3.23. The molecule has 2 aliphatic rings. The molecule has 10 nitrogen and oxygen atoms in total. The Morgan fingerprint density at radius 2 is 2.06 bits per heavy atom. The molecule has 0 radical (unpaired) electrons. The summed E-state index contributed by atoms with van der Waals surface area (Å²) in [5, 5.41) is 18.8. The Hall–Kier alpha value is -3.20. The fraction of sp³-hybridized carbons (Fsp3) is 0.316. The molecule has 0 aliphatic carbocycles. The number of thiophene rings is 1. The first-order chi connectivity index (χ1) is 15.8. The highest BCUT2D eigenvalue weighted by molar-refractivity contribution is 7.12. The lowest BCUT2D eigenvalue weighted by Crippen LogP contribution is -2.46. The van der Waals surface area contributed by atoms with Crippen molar-refractivity contribution >= 4 is 28.9 Å². The number of ether oxygens (including phenoxy) is 1. The van der Waals surface area contributed by atoms with E-state index >= 15 is 0 Å². The number of rotatable bonds is 6. The molecule has 5 heterocycles. The standard InChI is InChI=1S/C19H16F3N7O3S/c20-19(21,22)17-26-16(28-32-17)13-2-1-12(33-13)8-29(15-7-23-3-4-24-15)14-5-11(6-25-27-14)18(30)9-31-10-18/h1-7,16,28,30H,8-10H2. The van der Waals surface area contributed by atoms with Crippen LogP contribution in [0.5, 0.6) is 0 Å². The minimum atomic E-state index is -4.66. The van der Waals surface area contributed by atoms with Crippen LogP contribution in [0.4, 0.5) is 24.8 Å². The maximum absolute atomic E-state index is 12.8. The van der Waals surface area contributed by atoms with Crippen molar-refractivity contribution < 1.29 is 27.9 Å². The Morgan fingerprint density at radius 1 is 1.21 bits per heavy atom. The molecule has 2 N–H and O–H groups in total. The van der Waals surface area contributed by atoms with Gasteiger partial charge in [-0.2, -0.15) is 18.3 Å². The van der Waals surface area contributed by atoms with Crippen LogP contribution in [0.25, 0.3) is 0 Å². The molecule has 1 atom stereocenters. The smallest absolute Gasteiger partial charge is 0.381 e. The van der Waals surface area contributed by atoms with Crippen LogP contribution in [0.3, 0.4) is 0 Å². The van der Waals surface area contributed by atoms with Crippen LogP contribution in [-0.4, -0.2) is 50.6 Å². The van der Waals surface area contributed by atoms with E-state index in [0.717, 1.165) is 4.88 Å². The first-order valence-electron chi connectivity index (χ1n) is 9.65. The Bertz CT molecular complexity index is 1170. The van der Waals surface area contributed by atoms with Crippen LogP contribution in [0.15, 0.2) is 48.0 Å². The number of alkyl halides is 3. The Labute approximate surface area is 188 Å². The highest BCUT2D eigenvalue weighted by Crippen LogP contribution is 2.34. The fourth-order valence-corrected chi connectivity index (χ4v) is 4.21. The van der Waals surface area contributed by atoms with Crippen molar-refractivity contribution in [2.24, 2.45) is 4.99 Å². The number of hydrogen-bond acceptors (Lipinski definition) is 11. The predicted molar refractivity (Wildman–Crippen MR) is 109 cm³/mol. The van der Waals surface area contributed by atoms with Gasteiger partial charge in [0.05, 0.1) is 32.2 Å². The van der Waals surface area contributed by atoms with Gasteiger partial charge in [-0.25, -0.2) is 9.98 Å². The number of halogens is 3. The predicted octanol–water partition coefficient (Wildman–Crippen LogP) is 2.38. The normalized spacial score (nSPS) is 19.5. The number of nitrogens with zero attached hydrogens (tertiary/aromatic N) is 6. The summed E-state index contributed by atoms with van der Waals surface area (Å²) in [6, 6.07) is 5.15. The van der Waals surface area contributed by atoms with Gasteiger partial charge in [-0.1, -0.05) is 0 Å². The Kier molecular flexibility index (Phi) is 5.44. The van der Waals surface area contributed by atoms with E-state index in [9.17, 15) is 18.3 Å². The zero-order valence-electron chi connectivity index (χ0n) is 16.7. The first kappa shape index (κ1) is 21.6. The molecule has 5 rings (SSSR count). The molecular weight excluding hydrogens is 463 g/mol. The van der Waals surface area contributed by atoms with E-state index in [1.807, 2.05) is 0 Å². The maximum Gasteiger partial charge on any atom is 0.470 e. The highest BCUT2D eigenvalue weighted by atomic mass is 32.1. The van der Waals surface area contributed by atoms with Crippen molar-refractivity contribution in [2.75, 3.05) is 18.1 Å². The Morgan fingerprint density at radius 3 is 2.73 bits per heavy atom. The average Bonchev–Trinajstić information content (AvgIpc) is 3.46. The van der Waals surface area contributed by atoms with Gasteiger partial charge in [-0.05, 0) is 18.2 Å². The molecule has 1 fully saturated rings. The summed E-state index contributed by atoms with van der Waals surface area (Å²) in [6.07, 6.45) is 0.469. The summed E-state index contributed by atoms with van der Waals surface area (Å²) in [7, 11) is 0. The van der Waals surface area contributed by atoms with E-state index in [1.165, 1.54) is 29.9 Å².